The molecule has 0 aliphatic heterocycles. The molecule has 1 unspecified atom stereocenters. The Kier molecular flexibility index (Phi) is 7.36. The third-order valence-electron chi connectivity index (χ3n) is 2.89. The molecular weight excluding hydrogens is 280 g/mol. The van der Waals surface area contributed by atoms with Crippen molar-refractivity contribution in [2.45, 2.75) is 32.5 Å². The Balaban J connectivity index is 2.55. The molecule has 3 N–H and O–H groups in total. The van der Waals surface area contributed by atoms with Gasteiger partial charge in [0, 0.05) is 29.9 Å². The van der Waals surface area contributed by atoms with Crippen molar-refractivity contribution < 1.29 is 14.6 Å². The number of rotatable bonds is 7. The highest BCUT2D eigenvalue weighted by Gasteiger charge is 2.10. The number of aliphatic hydroxyl groups excluding tert-OH is 1. The van der Waals surface area contributed by atoms with Crippen molar-refractivity contribution >= 4 is 23.3 Å². The highest BCUT2D eigenvalue weighted by atomic mass is 35.5. The van der Waals surface area contributed by atoms with Crippen LogP contribution in [0.5, 0.6) is 0 Å². The van der Waals surface area contributed by atoms with E-state index < -0.39 is 0 Å². The van der Waals surface area contributed by atoms with Crippen LogP contribution in [0.3, 0.4) is 0 Å². The molecule has 0 saturated heterocycles. The van der Waals surface area contributed by atoms with Crippen LogP contribution in [-0.4, -0.2) is 30.9 Å². The fourth-order valence-corrected chi connectivity index (χ4v) is 1.92. The normalized spacial score (nSPS) is 12.0. The maximum Gasteiger partial charge on any atom is 0.319 e. The molecule has 1 aromatic carbocycles. The first-order chi connectivity index (χ1) is 9.58. The van der Waals surface area contributed by atoms with Gasteiger partial charge in [0.05, 0.1) is 12.7 Å². The highest BCUT2D eigenvalue weighted by molar-refractivity contribution is 6.31. The second-order valence-electron chi connectivity index (χ2n) is 4.43. The van der Waals surface area contributed by atoms with Crippen molar-refractivity contribution in [2.75, 3.05) is 19.0 Å². The summed E-state index contributed by atoms with van der Waals surface area (Å²) in [5.41, 5.74) is 1.35. The maximum absolute atomic E-state index is 11.8. The lowest BCUT2D eigenvalue weighted by atomic mass is 10.2. The number of hydrogen-bond donors (Lipinski definition) is 3. The Labute approximate surface area is 124 Å². The molecule has 0 heterocycles. The van der Waals surface area contributed by atoms with Gasteiger partial charge in [-0.1, -0.05) is 24.6 Å². The number of carbonyl (C=O) groups excluding carboxylic acids is 1. The van der Waals surface area contributed by atoms with Gasteiger partial charge in [-0.3, -0.25) is 0 Å². The monoisotopic (exact) mass is 300 g/mol. The number of hydrogen-bond acceptors (Lipinski definition) is 3. The SMILES string of the molecule is CCC(O)CCNC(=O)Nc1cccc(Cl)c1COC. The fourth-order valence-electron chi connectivity index (χ4n) is 1.69. The van der Waals surface area contributed by atoms with Gasteiger partial charge in [-0.2, -0.15) is 0 Å². The fraction of sp³-hybridized carbons (Fsp3) is 0.500. The van der Waals surface area contributed by atoms with Gasteiger partial charge in [0.1, 0.15) is 0 Å². The number of anilines is 1. The summed E-state index contributed by atoms with van der Waals surface area (Å²) in [5.74, 6) is 0. The zero-order valence-electron chi connectivity index (χ0n) is 11.8. The minimum Gasteiger partial charge on any atom is -0.393 e. The Morgan fingerprint density at radius 2 is 2.25 bits per heavy atom. The number of aliphatic hydroxyl groups is 1. The quantitative estimate of drug-likeness (QED) is 0.725. The predicted molar refractivity (Wildman–Crippen MR) is 80.1 cm³/mol. The van der Waals surface area contributed by atoms with Crippen molar-refractivity contribution in [3.8, 4) is 0 Å². The molecule has 0 radical (unpaired) electrons. The van der Waals surface area contributed by atoms with Gasteiger partial charge in [0.2, 0.25) is 0 Å². The lowest BCUT2D eigenvalue weighted by Crippen LogP contribution is -2.31. The van der Waals surface area contributed by atoms with Crippen LogP contribution in [0.25, 0.3) is 0 Å². The average molecular weight is 301 g/mol. The summed E-state index contributed by atoms with van der Waals surface area (Å²) in [6.45, 7) is 2.64. The van der Waals surface area contributed by atoms with Gasteiger partial charge < -0.3 is 20.5 Å². The number of benzene rings is 1. The van der Waals surface area contributed by atoms with E-state index in [1.165, 1.54) is 0 Å². The van der Waals surface area contributed by atoms with Crippen LogP contribution in [0.2, 0.25) is 5.02 Å². The Bertz CT molecular complexity index is 440. The molecule has 5 nitrogen and oxygen atoms in total. The van der Waals surface area contributed by atoms with Gasteiger partial charge in [-0.25, -0.2) is 4.79 Å². The second-order valence-corrected chi connectivity index (χ2v) is 4.84. The van der Waals surface area contributed by atoms with Crippen LogP contribution < -0.4 is 10.6 Å². The number of halogens is 1. The third-order valence-corrected chi connectivity index (χ3v) is 3.24. The van der Waals surface area contributed by atoms with E-state index in [2.05, 4.69) is 10.6 Å². The molecule has 6 heteroatoms. The molecule has 1 aromatic rings. The van der Waals surface area contributed by atoms with Crippen LogP contribution in [0, 0.1) is 0 Å². The first-order valence-corrected chi connectivity index (χ1v) is 6.95. The van der Waals surface area contributed by atoms with Crippen molar-refractivity contribution in [3.63, 3.8) is 0 Å². The molecule has 1 rings (SSSR count). The molecule has 1 atom stereocenters. The second kappa shape index (κ2) is 8.79. The summed E-state index contributed by atoms with van der Waals surface area (Å²) in [6, 6.07) is 4.95. The Morgan fingerprint density at radius 3 is 2.90 bits per heavy atom. The minimum atomic E-state index is -0.384. The van der Waals surface area contributed by atoms with Crippen molar-refractivity contribution in [2.24, 2.45) is 0 Å². The van der Waals surface area contributed by atoms with Crippen LogP contribution in [0.15, 0.2) is 18.2 Å². The number of ether oxygens (including phenoxy) is 1. The van der Waals surface area contributed by atoms with Gasteiger partial charge in [-0.15, -0.1) is 0 Å². The first kappa shape index (κ1) is 16.8. The third kappa shape index (κ3) is 5.36. The molecular formula is C14H21ClN2O3. The standard InChI is InChI=1S/C14H21ClN2O3/c1-3-10(18)7-8-16-14(19)17-13-6-4-5-12(15)11(13)9-20-2/h4-6,10,18H,3,7-9H2,1-2H3,(H2,16,17,19). The number of urea groups is 1. The van der Waals surface area contributed by atoms with Gasteiger partial charge in [0.25, 0.3) is 0 Å². The molecule has 0 spiro atoms. The first-order valence-electron chi connectivity index (χ1n) is 6.57. The van der Waals surface area contributed by atoms with E-state index in [1.54, 1.807) is 25.3 Å². The lowest BCUT2D eigenvalue weighted by molar-refractivity contribution is 0.160. The highest BCUT2D eigenvalue weighted by Crippen LogP contribution is 2.24. The molecule has 2 amide bonds. The van der Waals surface area contributed by atoms with Gasteiger partial charge in [-0.05, 0) is 25.0 Å². The van der Waals surface area contributed by atoms with E-state index in [9.17, 15) is 9.90 Å². The van der Waals surface area contributed by atoms with Gasteiger partial charge in [0.15, 0.2) is 0 Å². The van der Waals surface area contributed by atoms with E-state index in [0.29, 0.717) is 36.7 Å². The average Bonchev–Trinajstić information content (AvgIpc) is 2.42. The van der Waals surface area contributed by atoms with Crippen LogP contribution in [0.4, 0.5) is 10.5 Å². The molecule has 0 aliphatic carbocycles. The number of amides is 2. The predicted octanol–water partition coefficient (Wildman–Crippen LogP) is 2.77. The lowest BCUT2D eigenvalue weighted by Gasteiger charge is -2.13. The molecule has 20 heavy (non-hydrogen) atoms. The smallest absolute Gasteiger partial charge is 0.319 e. The number of nitrogens with one attached hydrogen (secondary N) is 2. The van der Waals surface area contributed by atoms with Crippen molar-refractivity contribution in [1.82, 2.24) is 5.32 Å². The van der Waals surface area contributed by atoms with E-state index in [-0.39, 0.29) is 12.1 Å². The van der Waals surface area contributed by atoms with Crippen LogP contribution in [0.1, 0.15) is 25.3 Å². The summed E-state index contributed by atoms with van der Waals surface area (Å²) in [5, 5.41) is 15.4. The maximum atomic E-state index is 11.8. The number of carbonyl (C=O) groups is 1. The van der Waals surface area contributed by atoms with E-state index in [0.717, 1.165) is 5.56 Å². The molecule has 0 aliphatic rings. The Morgan fingerprint density at radius 1 is 1.50 bits per heavy atom. The molecule has 0 saturated carbocycles. The summed E-state index contributed by atoms with van der Waals surface area (Å²) in [7, 11) is 1.57. The number of methoxy groups -OCH3 is 1. The summed E-state index contributed by atoms with van der Waals surface area (Å²) in [6.07, 6.45) is 0.825. The van der Waals surface area contributed by atoms with Gasteiger partial charge >= 0.3 is 6.03 Å². The largest absolute Gasteiger partial charge is 0.393 e. The summed E-state index contributed by atoms with van der Waals surface area (Å²) < 4.78 is 5.07. The topological polar surface area (TPSA) is 70.6 Å². The van der Waals surface area contributed by atoms with E-state index in [4.69, 9.17) is 16.3 Å². The molecule has 0 bridgehead atoms. The van der Waals surface area contributed by atoms with Crippen molar-refractivity contribution in [1.29, 1.82) is 0 Å². The van der Waals surface area contributed by atoms with Crippen LogP contribution in [-0.2, 0) is 11.3 Å². The Hall–Kier alpha value is -1.30. The summed E-state index contributed by atoms with van der Waals surface area (Å²) >= 11 is 6.07. The van der Waals surface area contributed by atoms with Crippen molar-refractivity contribution in [3.05, 3.63) is 28.8 Å². The zero-order valence-corrected chi connectivity index (χ0v) is 12.5. The van der Waals surface area contributed by atoms with E-state index >= 15 is 0 Å². The van der Waals surface area contributed by atoms with Crippen LogP contribution >= 0.6 is 11.6 Å². The zero-order chi connectivity index (χ0) is 15.0. The van der Waals surface area contributed by atoms with E-state index in [1.807, 2.05) is 6.92 Å². The molecule has 0 fully saturated rings. The molecule has 0 aromatic heterocycles. The molecule has 112 valence electrons. The summed E-state index contributed by atoms with van der Waals surface area (Å²) in [4.78, 5) is 11.8. The minimum absolute atomic E-state index is 0.323.